The van der Waals surface area contributed by atoms with Crippen molar-refractivity contribution < 1.29 is 23.5 Å². The zero-order chi connectivity index (χ0) is 29.4. The van der Waals surface area contributed by atoms with Crippen LogP contribution in [0, 0.1) is 23.0 Å². The molecule has 0 saturated heterocycles. The number of aryl methyl sites for hydroxylation is 1. The number of primary amides is 1. The van der Waals surface area contributed by atoms with Crippen LogP contribution in [0.4, 0.5) is 8.78 Å². The zero-order valence-electron chi connectivity index (χ0n) is 23.8. The first kappa shape index (κ1) is 31.2. The van der Waals surface area contributed by atoms with E-state index in [1.54, 1.807) is 31.0 Å². The Morgan fingerprint density at radius 3 is 2.40 bits per heavy atom. The summed E-state index contributed by atoms with van der Waals surface area (Å²) in [5.41, 5.74) is 8.18. The number of hydrogen-bond acceptors (Lipinski definition) is 4. The number of nitrogens with one attached hydrogen (secondary N) is 1. The lowest BCUT2D eigenvalue weighted by atomic mass is 9.63. The fourth-order valence-electron chi connectivity index (χ4n) is 5.65. The van der Waals surface area contributed by atoms with Gasteiger partial charge in [-0.15, -0.1) is 0 Å². The maximum absolute atomic E-state index is 14.1. The van der Waals surface area contributed by atoms with Crippen LogP contribution in [0.3, 0.4) is 0 Å². The lowest BCUT2D eigenvalue weighted by molar-refractivity contribution is -0.131. The highest BCUT2D eigenvalue weighted by atomic mass is 19.1. The first-order valence-electron chi connectivity index (χ1n) is 13.9. The summed E-state index contributed by atoms with van der Waals surface area (Å²) in [6.45, 7) is 6.94. The second-order valence-electron chi connectivity index (χ2n) is 10.8. The molecule has 0 fully saturated rings. The van der Waals surface area contributed by atoms with E-state index in [-0.39, 0.29) is 30.9 Å². The molecule has 0 aliphatic heterocycles. The molecule has 0 heterocycles. The van der Waals surface area contributed by atoms with Gasteiger partial charge in [-0.2, -0.15) is 0 Å². The smallest absolute Gasteiger partial charge is 0.249 e. The number of halogens is 2. The molecule has 1 aliphatic carbocycles. The molecule has 216 valence electrons. The molecule has 0 bridgehead atoms. The van der Waals surface area contributed by atoms with Gasteiger partial charge in [-0.3, -0.25) is 9.59 Å². The predicted octanol–water partition coefficient (Wildman–Crippen LogP) is 4.45. The number of allylic oxidation sites excluding steroid dienone is 2. The first-order chi connectivity index (χ1) is 19.0. The number of carbonyl (C=O) groups excluding carboxylic acids is 2. The third-order valence-electron chi connectivity index (χ3n) is 7.60. The standard InChI is InChI=1S/C32H41F2N3O3/c1-5-10-37(4)30(39)25-11-21(3)17-32(18-25,31(35)40)28(15-24-13-26(33)16-27(34)14-24)29(38)20-36-19-23-9-7-8-22(6-2)12-23/h7-9,11-14,16-17,28-29,36,38H,5-6,10,15,18-20H2,1-4H3,(H2,35,40)/t28-,29+,32?/m1/s1. The maximum atomic E-state index is 14.1. The molecule has 4 N–H and O–H groups in total. The number of hydrogen-bond donors (Lipinski definition) is 3. The van der Waals surface area contributed by atoms with Gasteiger partial charge in [0.25, 0.3) is 0 Å². The van der Waals surface area contributed by atoms with Crippen LogP contribution in [-0.4, -0.2) is 48.1 Å². The predicted molar refractivity (Wildman–Crippen MR) is 153 cm³/mol. The summed E-state index contributed by atoms with van der Waals surface area (Å²) < 4.78 is 28.3. The molecule has 0 aromatic heterocycles. The maximum Gasteiger partial charge on any atom is 0.249 e. The SMILES string of the molecule is CCCN(C)C(=O)C1=CC(C)=CC(C(N)=O)([C@H](Cc2cc(F)cc(F)c2)[C@@H](O)CNCc2cccc(CC)c2)C1. The second-order valence-corrected chi connectivity index (χ2v) is 10.8. The summed E-state index contributed by atoms with van der Waals surface area (Å²) >= 11 is 0. The van der Waals surface area contributed by atoms with Crippen molar-refractivity contribution in [3.63, 3.8) is 0 Å². The Morgan fingerprint density at radius 1 is 1.10 bits per heavy atom. The average molecular weight is 554 g/mol. The molecule has 3 atom stereocenters. The Kier molecular flexibility index (Phi) is 10.8. The Bertz CT molecular complexity index is 1260. The Labute approximate surface area is 236 Å². The number of aliphatic hydroxyl groups is 1. The van der Waals surface area contributed by atoms with Gasteiger partial charge >= 0.3 is 0 Å². The second kappa shape index (κ2) is 13.8. The van der Waals surface area contributed by atoms with Gasteiger partial charge in [0.05, 0.1) is 11.5 Å². The molecule has 2 amide bonds. The van der Waals surface area contributed by atoms with Crippen LogP contribution in [0.1, 0.15) is 50.3 Å². The van der Waals surface area contributed by atoms with E-state index in [0.29, 0.717) is 24.2 Å². The zero-order valence-corrected chi connectivity index (χ0v) is 23.8. The minimum absolute atomic E-state index is 0.0232. The van der Waals surface area contributed by atoms with Crippen molar-refractivity contribution in [1.29, 1.82) is 0 Å². The highest BCUT2D eigenvalue weighted by Gasteiger charge is 2.48. The number of aliphatic hydroxyl groups excluding tert-OH is 1. The fourth-order valence-corrected chi connectivity index (χ4v) is 5.65. The molecule has 6 nitrogen and oxygen atoms in total. The van der Waals surface area contributed by atoms with Gasteiger partial charge in [0.2, 0.25) is 11.8 Å². The van der Waals surface area contributed by atoms with Crippen molar-refractivity contribution in [2.45, 2.75) is 59.1 Å². The van der Waals surface area contributed by atoms with Gasteiger partial charge in [0, 0.05) is 44.2 Å². The number of carbonyl (C=O) groups is 2. The lowest BCUT2D eigenvalue weighted by Crippen LogP contribution is -2.51. The van der Waals surface area contributed by atoms with Crippen molar-refractivity contribution in [3.05, 3.63) is 94.1 Å². The fraction of sp³-hybridized carbons (Fsp3) is 0.438. The normalized spacial score (nSPS) is 18.5. The highest BCUT2D eigenvalue weighted by molar-refractivity contribution is 5.96. The molecular formula is C32H41F2N3O3. The van der Waals surface area contributed by atoms with Crippen LogP contribution in [-0.2, 0) is 29.0 Å². The van der Waals surface area contributed by atoms with E-state index in [2.05, 4.69) is 18.3 Å². The number of nitrogens with two attached hydrogens (primary N) is 1. The molecule has 40 heavy (non-hydrogen) atoms. The molecule has 0 radical (unpaired) electrons. The quantitative estimate of drug-likeness (QED) is 0.342. The monoisotopic (exact) mass is 553 g/mol. The number of nitrogens with zero attached hydrogens (tertiary/aromatic N) is 1. The first-order valence-corrected chi connectivity index (χ1v) is 13.9. The van der Waals surface area contributed by atoms with Crippen molar-refractivity contribution in [1.82, 2.24) is 10.2 Å². The molecule has 8 heteroatoms. The lowest BCUT2D eigenvalue weighted by Gasteiger charge is -2.41. The van der Waals surface area contributed by atoms with Crippen molar-refractivity contribution in [3.8, 4) is 0 Å². The van der Waals surface area contributed by atoms with Crippen LogP contribution in [0.2, 0.25) is 0 Å². The van der Waals surface area contributed by atoms with E-state index in [4.69, 9.17) is 5.73 Å². The number of benzene rings is 2. The summed E-state index contributed by atoms with van der Waals surface area (Å²) in [6.07, 6.45) is 3.93. The summed E-state index contributed by atoms with van der Waals surface area (Å²) in [4.78, 5) is 28.1. The Morgan fingerprint density at radius 2 is 1.77 bits per heavy atom. The number of rotatable bonds is 13. The van der Waals surface area contributed by atoms with E-state index in [9.17, 15) is 23.5 Å². The van der Waals surface area contributed by atoms with Crippen LogP contribution >= 0.6 is 0 Å². The third-order valence-corrected chi connectivity index (χ3v) is 7.60. The molecule has 1 unspecified atom stereocenters. The third kappa shape index (κ3) is 7.64. The molecule has 0 spiro atoms. The minimum Gasteiger partial charge on any atom is -0.391 e. The summed E-state index contributed by atoms with van der Waals surface area (Å²) in [5, 5.41) is 14.8. The van der Waals surface area contributed by atoms with Gasteiger partial charge in [-0.05, 0) is 61.4 Å². The number of amides is 2. The average Bonchev–Trinajstić information content (AvgIpc) is 2.90. The van der Waals surface area contributed by atoms with Crippen molar-refractivity contribution in [2.75, 3.05) is 20.1 Å². The van der Waals surface area contributed by atoms with E-state index in [1.165, 1.54) is 17.7 Å². The highest BCUT2D eigenvalue weighted by Crippen LogP contribution is 2.44. The van der Waals surface area contributed by atoms with Crippen molar-refractivity contribution >= 4 is 11.8 Å². The van der Waals surface area contributed by atoms with Gasteiger partial charge in [-0.25, -0.2) is 8.78 Å². The van der Waals surface area contributed by atoms with Crippen LogP contribution < -0.4 is 11.1 Å². The summed E-state index contributed by atoms with van der Waals surface area (Å²) in [6, 6.07) is 11.3. The van der Waals surface area contributed by atoms with Gasteiger partial charge < -0.3 is 21.1 Å². The minimum atomic E-state index is -1.46. The van der Waals surface area contributed by atoms with Gasteiger partial charge in [-0.1, -0.05) is 55.8 Å². The Balaban J connectivity index is 1.96. The Hall–Kier alpha value is -3.36. The molecule has 3 rings (SSSR count). The van der Waals surface area contributed by atoms with Crippen LogP contribution in [0.15, 0.2) is 65.8 Å². The van der Waals surface area contributed by atoms with Gasteiger partial charge in [0.15, 0.2) is 0 Å². The number of likely N-dealkylation sites (N-methyl/N-ethyl adjacent to an activating group) is 1. The molecule has 1 aliphatic rings. The molecule has 2 aromatic carbocycles. The molecule has 2 aromatic rings. The molecular weight excluding hydrogens is 512 g/mol. The largest absolute Gasteiger partial charge is 0.391 e. The van der Waals surface area contributed by atoms with Crippen LogP contribution in [0.25, 0.3) is 0 Å². The summed E-state index contributed by atoms with van der Waals surface area (Å²) in [7, 11) is 1.70. The van der Waals surface area contributed by atoms with Crippen LogP contribution in [0.5, 0.6) is 0 Å². The van der Waals surface area contributed by atoms with Crippen molar-refractivity contribution in [2.24, 2.45) is 17.1 Å². The van der Waals surface area contributed by atoms with E-state index in [0.717, 1.165) is 24.5 Å². The summed E-state index contributed by atoms with van der Waals surface area (Å²) in [5.74, 6) is -3.31. The van der Waals surface area contributed by atoms with Gasteiger partial charge in [0.1, 0.15) is 11.6 Å². The molecule has 0 saturated carbocycles. The van der Waals surface area contributed by atoms with E-state index < -0.39 is 35.0 Å². The van der Waals surface area contributed by atoms with E-state index in [1.807, 2.05) is 25.1 Å². The van der Waals surface area contributed by atoms with E-state index >= 15 is 0 Å². The topological polar surface area (TPSA) is 95.7 Å².